The van der Waals surface area contributed by atoms with Crippen molar-refractivity contribution in [3.63, 3.8) is 0 Å². The Kier molecular flexibility index (Phi) is 6.05. The Morgan fingerprint density at radius 2 is 1.69 bits per heavy atom. The van der Waals surface area contributed by atoms with Gasteiger partial charge in [-0.1, -0.05) is 11.6 Å². The molecule has 0 spiro atoms. The zero-order valence-electron chi connectivity index (χ0n) is 14.8. The normalized spacial score (nSPS) is 13.5. The van der Waals surface area contributed by atoms with E-state index in [-0.39, 0.29) is 17.0 Å². The lowest BCUT2D eigenvalue weighted by atomic mass is 10.1. The smallest absolute Gasteiger partial charge is 0.262 e. The van der Waals surface area contributed by atoms with Crippen LogP contribution in [0.2, 0.25) is 5.02 Å². The quantitative estimate of drug-likeness (QED) is 0.576. The first-order valence-corrected chi connectivity index (χ1v) is 9.18. The molecule has 0 amide bonds. The van der Waals surface area contributed by atoms with Crippen LogP contribution in [0.3, 0.4) is 0 Å². The van der Waals surface area contributed by atoms with Crippen LogP contribution in [0.15, 0.2) is 54.7 Å². The molecule has 2 heterocycles. The number of halogens is 2. The van der Waals surface area contributed by atoms with Gasteiger partial charge in [-0.25, -0.2) is 4.57 Å². The average Bonchev–Trinajstić information content (AvgIpc) is 2.85. The first kappa shape index (κ1) is 19.0. The molecule has 1 aliphatic rings. The predicted octanol–water partition coefficient (Wildman–Crippen LogP) is 1.82. The van der Waals surface area contributed by atoms with E-state index in [9.17, 15) is 0 Å². The van der Waals surface area contributed by atoms with Crippen LogP contribution < -0.4 is 26.3 Å². The first-order valence-electron chi connectivity index (χ1n) is 8.81. The largest absolute Gasteiger partial charge is 1.00 e. The molecule has 4 rings (SSSR count). The van der Waals surface area contributed by atoms with Gasteiger partial charge in [0.25, 0.3) is 5.82 Å². The van der Waals surface area contributed by atoms with Crippen LogP contribution in [0.5, 0.6) is 5.75 Å². The topological polar surface area (TPSA) is 18.0 Å². The van der Waals surface area contributed by atoms with Gasteiger partial charge in [0.1, 0.15) is 17.6 Å². The van der Waals surface area contributed by atoms with E-state index in [0.29, 0.717) is 0 Å². The van der Waals surface area contributed by atoms with E-state index in [1.807, 2.05) is 24.3 Å². The second-order valence-corrected chi connectivity index (χ2v) is 6.91. The van der Waals surface area contributed by atoms with Gasteiger partial charge in [-0.3, -0.25) is 0 Å². The molecular weight excluding hydrogens is 412 g/mol. The lowest BCUT2D eigenvalue weighted by Crippen LogP contribution is -3.00. The number of rotatable bonds is 3. The van der Waals surface area contributed by atoms with Gasteiger partial charge in [0.2, 0.25) is 0 Å². The third-order valence-corrected chi connectivity index (χ3v) is 5.13. The number of methoxy groups -OCH3 is 1. The fraction of sp³-hybridized carbons (Fsp3) is 0.286. The van der Waals surface area contributed by atoms with E-state index >= 15 is 0 Å². The highest BCUT2D eigenvalue weighted by atomic mass is 79.9. The average molecular weight is 434 g/mol. The van der Waals surface area contributed by atoms with Gasteiger partial charge < -0.3 is 21.7 Å². The maximum atomic E-state index is 6.09. The van der Waals surface area contributed by atoms with Crippen molar-refractivity contribution in [2.75, 3.05) is 7.11 Å². The van der Waals surface area contributed by atoms with E-state index in [4.69, 9.17) is 16.3 Å². The standard InChI is InChI=1S/C21H22ClN2O.BrH/c1-25-19-12-10-18(11-13-19)24-20(16-6-8-17(22)9-7-16)15-23-14-4-2-3-5-21(23)24;/h6-13,15H,2-5,14H2,1H3;1H/q+1;/p-1. The van der Waals surface area contributed by atoms with E-state index in [1.54, 1.807) is 7.11 Å². The van der Waals surface area contributed by atoms with Crippen molar-refractivity contribution in [2.45, 2.75) is 32.2 Å². The molecule has 26 heavy (non-hydrogen) atoms. The highest BCUT2D eigenvalue weighted by Gasteiger charge is 2.27. The van der Waals surface area contributed by atoms with Crippen LogP contribution in [0.4, 0.5) is 0 Å². The summed E-state index contributed by atoms with van der Waals surface area (Å²) in [4.78, 5) is 0. The Balaban J connectivity index is 0.00000196. The summed E-state index contributed by atoms with van der Waals surface area (Å²) in [6.07, 6.45) is 7.15. The fourth-order valence-electron chi connectivity index (χ4n) is 3.58. The Bertz CT molecular complexity index is 872. The van der Waals surface area contributed by atoms with Crippen molar-refractivity contribution in [3.05, 3.63) is 65.6 Å². The van der Waals surface area contributed by atoms with Crippen LogP contribution in [-0.4, -0.2) is 11.7 Å². The summed E-state index contributed by atoms with van der Waals surface area (Å²) in [5, 5.41) is 0.764. The maximum Gasteiger partial charge on any atom is 0.262 e. The Hall–Kier alpha value is -1.78. The number of hydrogen-bond acceptors (Lipinski definition) is 1. The minimum absolute atomic E-state index is 0. The molecule has 0 saturated carbocycles. The molecule has 3 nitrogen and oxygen atoms in total. The Morgan fingerprint density at radius 3 is 2.38 bits per heavy atom. The second kappa shape index (κ2) is 8.28. The molecule has 5 heteroatoms. The summed E-state index contributed by atoms with van der Waals surface area (Å²) in [6.45, 7) is 1.08. The molecule has 0 bridgehead atoms. The number of benzene rings is 2. The monoisotopic (exact) mass is 432 g/mol. The molecule has 2 aromatic carbocycles. The van der Waals surface area contributed by atoms with Gasteiger partial charge in [-0.2, -0.15) is 4.57 Å². The molecule has 0 unspecified atom stereocenters. The van der Waals surface area contributed by atoms with Crippen LogP contribution in [-0.2, 0) is 13.0 Å². The van der Waals surface area contributed by atoms with Gasteiger partial charge in [0.15, 0.2) is 5.69 Å². The summed E-state index contributed by atoms with van der Waals surface area (Å²) in [5.74, 6) is 2.25. The molecule has 0 atom stereocenters. The third kappa shape index (κ3) is 3.67. The number of fused-ring (bicyclic) bond motifs is 1. The van der Waals surface area contributed by atoms with Crippen molar-refractivity contribution in [1.82, 2.24) is 4.57 Å². The number of nitrogens with zero attached hydrogens (tertiary/aromatic N) is 2. The van der Waals surface area contributed by atoms with Crippen molar-refractivity contribution >= 4 is 11.6 Å². The minimum atomic E-state index is 0. The molecule has 136 valence electrons. The van der Waals surface area contributed by atoms with Crippen LogP contribution >= 0.6 is 11.6 Å². The van der Waals surface area contributed by atoms with Crippen molar-refractivity contribution < 1.29 is 26.3 Å². The molecule has 0 fully saturated rings. The lowest BCUT2D eigenvalue weighted by molar-refractivity contribution is -0.702. The number of ether oxygens (including phenoxy) is 1. The first-order chi connectivity index (χ1) is 12.3. The third-order valence-electron chi connectivity index (χ3n) is 4.88. The van der Waals surface area contributed by atoms with Gasteiger partial charge in [-0.15, -0.1) is 0 Å². The van der Waals surface area contributed by atoms with Crippen LogP contribution in [0.1, 0.15) is 25.1 Å². The van der Waals surface area contributed by atoms with Crippen molar-refractivity contribution in [1.29, 1.82) is 0 Å². The number of imidazole rings is 1. The number of aromatic nitrogens is 2. The van der Waals surface area contributed by atoms with E-state index in [0.717, 1.165) is 23.7 Å². The molecular formula is C21H22BrClN2O. The maximum absolute atomic E-state index is 6.09. The van der Waals surface area contributed by atoms with Gasteiger partial charge in [-0.05, 0) is 67.8 Å². The SMILES string of the molecule is COc1ccc(-n2c(-c3ccc(Cl)cc3)c[n+]3c2CCCCC3)cc1.[Br-]. The van der Waals surface area contributed by atoms with Gasteiger partial charge in [0.05, 0.1) is 13.7 Å². The summed E-state index contributed by atoms with van der Waals surface area (Å²) in [6, 6.07) is 16.4. The molecule has 1 aromatic heterocycles. The Labute approximate surface area is 170 Å². The fourth-order valence-corrected chi connectivity index (χ4v) is 3.71. The molecule has 3 aromatic rings. The van der Waals surface area contributed by atoms with Gasteiger partial charge >= 0.3 is 0 Å². The second-order valence-electron chi connectivity index (χ2n) is 6.47. The van der Waals surface area contributed by atoms with Gasteiger partial charge in [0, 0.05) is 17.0 Å². The summed E-state index contributed by atoms with van der Waals surface area (Å²) in [7, 11) is 1.70. The predicted molar refractivity (Wildman–Crippen MR) is 101 cm³/mol. The molecule has 1 aliphatic heterocycles. The summed E-state index contributed by atoms with van der Waals surface area (Å²) >= 11 is 6.09. The number of hydrogen-bond donors (Lipinski definition) is 0. The Morgan fingerprint density at radius 1 is 0.962 bits per heavy atom. The van der Waals surface area contributed by atoms with Crippen molar-refractivity contribution in [2.24, 2.45) is 0 Å². The summed E-state index contributed by atoms with van der Waals surface area (Å²) in [5.41, 5.74) is 3.56. The molecule has 0 aliphatic carbocycles. The lowest BCUT2D eigenvalue weighted by Gasteiger charge is -2.07. The van der Waals surface area contributed by atoms with E-state index < -0.39 is 0 Å². The summed E-state index contributed by atoms with van der Waals surface area (Å²) < 4.78 is 10.1. The van der Waals surface area contributed by atoms with E-state index in [2.05, 4.69) is 39.6 Å². The number of aryl methyl sites for hydroxylation is 1. The molecule has 0 saturated heterocycles. The van der Waals surface area contributed by atoms with Crippen molar-refractivity contribution in [3.8, 4) is 22.7 Å². The molecule has 0 N–H and O–H groups in total. The van der Waals surface area contributed by atoms with Crippen LogP contribution in [0, 0.1) is 0 Å². The highest BCUT2D eigenvalue weighted by molar-refractivity contribution is 6.30. The van der Waals surface area contributed by atoms with Crippen LogP contribution in [0.25, 0.3) is 16.9 Å². The zero-order valence-corrected chi connectivity index (χ0v) is 17.1. The highest BCUT2D eigenvalue weighted by Crippen LogP contribution is 2.28. The van der Waals surface area contributed by atoms with E-state index in [1.165, 1.54) is 42.0 Å². The molecule has 0 radical (unpaired) electrons. The zero-order chi connectivity index (χ0) is 17.2. The minimum Gasteiger partial charge on any atom is -1.00 e.